The van der Waals surface area contributed by atoms with E-state index in [2.05, 4.69) is 53.2 Å². The maximum absolute atomic E-state index is 15.0. The van der Waals surface area contributed by atoms with Crippen LogP contribution in [0.1, 0.15) is 101 Å². The van der Waals surface area contributed by atoms with Crippen molar-refractivity contribution in [3.8, 4) is 5.75 Å². The molecule has 2 fully saturated rings. The summed E-state index contributed by atoms with van der Waals surface area (Å²) in [7, 11) is 0. The van der Waals surface area contributed by atoms with Gasteiger partial charge in [-0.25, -0.2) is 0 Å². The Morgan fingerprint density at radius 3 is 1.48 bits per heavy atom. The molecule has 0 aliphatic carbocycles. The van der Waals surface area contributed by atoms with Gasteiger partial charge in [-0.3, -0.25) is 52.7 Å². The van der Waals surface area contributed by atoms with Crippen LogP contribution in [0, 0.1) is 5.92 Å². The number of phenols is 1. The monoisotopic (exact) mass is 1260 g/mol. The third-order valence-corrected chi connectivity index (χ3v) is 15.8. The first-order valence-electron chi connectivity index (χ1n) is 31.3. The average molecular weight is 1260 g/mol. The molecule has 2 saturated heterocycles. The number of carbonyl (C=O) groups is 11. The molecule has 0 bridgehead atoms. The van der Waals surface area contributed by atoms with Crippen LogP contribution in [0.2, 0.25) is 0 Å². The topological polar surface area (TPSA) is 384 Å². The van der Waals surface area contributed by atoms with Gasteiger partial charge in [-0.15, -0.1) is 0 Å². The van der Waals surface area contributed by atoms with Crippen LogP contribution in [0.15, 0.2) is 115 Å². The van der Waals surface area contributed by atoms with Crippen molar-refractivity contribution >= 4 is 65.0 Å². The number of hydrogen-bond acceptors (Lipinski definition) is 14. The number of hydrogen-bond donors (Lipinski definition) is 13. The molecular weight excluding hydrogens is 1170 g/mol. The van der Waals surface area contributed by atoms with E-state index in [1.807, 2.05) is 6.92 Å². The molecule has 2 aliphatic heterocycles. The number of nitrogens with one attached hydrogen (secondary N) is 10. The Morgan fingerprint density at radius 2 is 0.956 bits per heavy atom. The van der Waals surface area contributed by atoms with E-state index < -0.39 is 138 Å². The Morgan fingerprint density at radius 1 is 0.516 bits per heavy atom. The SMILES string of the molecule is CCCNC(=O)C[C@@H]1NC(=O)[C@@H](Cc2ccccc2)NC(=O)[C@H](Cc2ccccc2)NC(=O)[C@@H]2CCCN2C(=O)[C@@H](Cc2ccccc2)NC(=O)CNC(=O)[C@H](CCCN)NC(=O)[C@H](C(C)C)NC(=O)[C@H](Cc2ccc(O)cc2)NC(=O)[C@H](CCCCN)NC1=O. The quantitative estimate of drug-likeness (QED) is 0.0523. The van der Waals surface area contributed by atoms with Gasteiger partial charge in [0.05, 0.1) is 13.0 Å². The number of benzene rings is 4. The van der Waals surface area contributed by atoms with Gasteiger partial charge in [0.25, 0.3) is 0 Å². The highest BCUT2D eigenvalue weighted by Gasteiger charge is 2.41. The fraction of sp³-hybridized carbons (Fsp3) is 0.470. The summed E-state index contributed by atoms with van der Waals surface area (Å²) in [5.41, 5.74) is 14.1. The molecule has 0 unspecified atom stereocenters. The predicted molar refractivity (Wildman–Crippen MR) is 339 cm³/mol. The zero-order valence-corrected chi connectivity index (χ0v) is 52.0. The molecule has 9 atom stereocenters. The number of rotatable bonds is 20. The number of aromatic hydroxyl groups is 1. The molecule has 6 rings (SSSR count). The van der Waals surface area contributed by atoms with Gasteiger partial charge in [-0.2, -0.15) is 0 Å². The summed E-state index contributed by atoms with van der Waals surface area (Å²) in [6, 6.07) is 19.7. The van der Waals surface area contributed by atoms with Crippen LogP contribution in [-0.4, -0.2) is 162 Å². The molecule has 0 saturated carbocycles. The van der Waals surface area contributed by atoms with Crippen molar-refractivity contribution in [1.82, 2.24) is 58.1 Å². The maximum Gasteiger partial charge on any atom is 0.246 e. The van der Waals surface area contributed by atoms with Crippen molar-refractivity contribution in [3.05, 3.63) is 138 Å². The van der Waals surface area contributed by atoms with E-state index in [-0.39, 0.29) is 89.7 Å². The summed E-state index contributed by atoms with van der Waals surface area (Å²) < 4.78 is 0. The molecule has 2 heterocycles. The van der Waals surface area contributed by atoms with E-state index in [0.717, 1.165) is 0 Å². The molecule has 15 N–H and O–H groups in total. The minimum Gasteiger partial charge on any atom is -0.508 e. The fourth-order valence-corrected chi connectivity index (χ4v) is 10.8. The molecule has 2 aliphatic rings. The maximum atomic E-state index is 15.0. The molecule has 0 aromatic heterocycles. The van der Waals surface area contributed by atoms with Crippen molar-refractivity contribution < 1.29 is 57.8 Å². The van der Waals surface area contributed by atoms with Crippen LogP contribution in [0.25, 0.3) is 0 Å². The summed E-state index contributed by atoms with van der Waals surface area (Å²) in [5.74, 6) is -9.42. The van der Waals surface area contributed by atoms with Crippen LogP contribution in [0.4, 0.5) is 0 Å². The molecule has 11 amide bonds. The highest BCUT2D eigenvalue weighted by atomic mass is 16.3. The first-order valence-corrected chi connectivity index (χ1v) is 31.3. The van der Waals surface area contributed by atoms with Gasteiger partial charge < -0.3 is 74.6 Å². The lowest BCUT2D eigenvalue weighted by atomic mass is 9.99. The third-order valence-electron chi connectivity index (χ3n) is 15.8. The molecular formula is C66H89N13O12. The van der Waals surface area contributed by atoms with Gasteiger partial charge in [0.2, 0.25) is 65.0 Å². The molecule has 0 spiro atoms. The Kier molecular flexibility index (Phi) is 28.4. The van der Waals surface area contributed by atoms with Gasteiger partial charge in [-0.05, 0) is 105 Å². The molecule has 4 aromatic rings. The summed E-state index contributed by atoms with van der Waals surface area (Å²) in [5, 5.41) is 37.4. The molecule has 25 nitrogen and oxygen atoms in total. The molecule has 490 valence electrons. The van der Waals surface area contributed by atoms with Gasteiger partial charge in [-0.1, -0.05) is 124 Å². The van der Waals surface area contributed by atoms with Gasteiger partial charge in [0.1, 0.15) is 60.1 Å². The van der Waals surface area contributed by atoms with Crippen LogP contribution < -0.4 is 64.6 Å². The van der Waals surface area contributed by atoms with Crippen LogP contribution in [0.5, 0.6) is 5.75 Å². The number of phenolic OH excluding ortho intramolecular Hbond substituents is 1. The van der Waals surface area contributed by atoms with Crippen LogP contribution in [0.3, 0.4) is 0 Å². The van der Waals surface area contributed by atoms with Crippen molar-refractivity contribution in [3.63, 3.8) is 0 Å². The minimum absolute atomic E-state index is 0.00880. The normalized spacial score (nSPS) is 23.2. The molecule has 0 radical (unpaired) electrons. The number of nitrogens with two attached hydrogens (primary N) is 2. The number of carbonyl (C=O) groups excluding carboxylic acids is 11. The van der Waals surface area contributed by atoms with E-state index >= 15 is 0 Å². The molecule has 25 heteroatoms. The van der Waals surface area contributed by atoms with Crippen LogP contribution >= 0.6 is 0 Å². The van der Waals surface area contributed by atoms with E-state index in [9.17, 15) is 57.8 Å². The van der Waals surface area contributed by atoms with Crippen molar-refractivity contribution in [2.24, 2.45) is 17.4 Å². The first-order chi connectivity index (χ1) is 43.8. The number of unbranched alkanes of at least 4 members (excludes halogenated alkanes) is 1. The lowest BCUT2D eigenvalue weighted by Crippen LogP contribution is -2.62. The zero-order valence-electron chi connectivity index (χ0n) is 52.0. The summed E-state index contributed by atoms with van der Waals surface area (Å²) >= 11 is 0. The van der Waals surface area contributed by atoms with E-state index in [0.29, 0.717) is 41.5 Å². The van der Waals surface area contributed by atoms with Crippen molar-refractivity contribution in [2.75, 3.05) is 32.7 Å². The Bertz CT molecular complexity index is 3090. The number of nitrogens with zero attached hydrogens (tertiary/aromatic N) is 1. The fourth-order valence-electron chi connectivity index (χ4n) is 10.8. The van der Waals surface area contributed by atoms with E-state index in [1.165, 1.54) is 29.2 Å². The summed E-state index contributed by atoms with van der Waals surface area (Å²) in [6.07, 6.45) is 0.908. The van der Waals surface area contributed by atoms with Crippen molar-refractivity contribution in [1.29, 1.82) is 0 Å². The van der Waals surface area contributed by atoms with Crippen LogP contribution in [-0.2, 0) is 78.4 Å². The minimum atomic E-state index is -1.68. The second kappa shape index (κ2) is 36.4. The van der Waals surface area contributed by atoms with Gasteiger partial charge >= 0.3 is 0 Å². The first kappa shape index (κ1) is 70.9. The second-order valence-corrected chi connectivity index (χ2v) is 23.3. The van der Waals surface area contributed by atoms with Gasteiger partial charge in [0, 0.05) is 38.8 Å². The third kappa shape index (κ3) is 22.6. The number of fused-ring (bicyclic) bond motifs is 1. The Balaban J connectivity index is 1.44. The standard InChI is InChI=1S/C66H89N13O12/c1-4-33-69-55(81)39-52-62(87)72-48(24-14-15-31-67)59(84)74-51(37-45-27-29-46(80)30-28-45)63(88)78-57(41(2)3)65(90)73-47(25-16-32-68)58(83)70-40-56(82)71-53(38-44-22-12-7-13-23-44)66(91)79-34-17-26-54(79)64(89)77-50(36-43-20-10-6-11-21-43)61(86)75-49(60(85)76-52)35-42-18-8-5-9-19-42/h5-13,18-23,27-30,41,47-54,57,80H,4,14-17,24-26,31-40,67-68H2,1-3H3,(H,69,81)(H,70,83)(H,71,82)(H,72,87)(H,73,90)(H,74,84)(H,75,86)(H,76,85)(H,77,89)(H,78,88)/t47-,48-,49+,50-,51-,52-,53+,54-,57-/m0/s1. The zero-order chi connectivity index (χ0) is 65.8. The van der Waals surface area contributed by atoms with E-state index in [1.54, 1.807) is 105 Å². The summed E-state index contributed by atoms with van der Waals surface area (Å²) in [6.45, 7) is 5.13. The van der Waals surface area contributed by atoms with E-state index in [4.69, 9.17) is 11.5 Å². The summed E-state index contributed by atoms with van der Waals surface area (Å²) in [4.78, 5) is 161. The average Bonchev–Trinajstić information content (AvgIpc) is 2.22. The highest BCUT2D eigenvalue weighted by molar-refractivity contribution is 6.00. The second-order valence-electron chi connectivity index (χ2n) is 23.3. The lowest BCUT2D eigenvalue weighted by Gasteiger charge is -2.31. The number of amides is 11. The lowest BCUT2D eigenvalue weighted by molar-refractivity contribution is -0.142. The highest BCUT2D eigenvalue weighted by Crippen LogP contribution is 2.22. The predicted octanol–water partition coefficient (Wildman–Crippen LogP) is 0.102. The van der Waals surface area contributed by atoms with Crippen molar-refractivity contribution in [2.45, 2.75) is 159 Å². The Hall–Kier alpha value is -9.23. The Labute approximate surface area is 530 Å². The molecule has 4 aromatic carbocycles. The molecule has 91 heavy (non-hydrogen) atoms. The van der Waals surface area contributed by atoms with Gasteiger partial charge in [0.15, 0.2) is 0 Å². The smallest absolute Gasteiger partial charge is 0.246 e. The largest absolute Gasteiger partial charge is 0.508 e.